The van der Waals surface area contributed by atoms with E-state index in [0.717, 1.165) is 49.8 Å². The van der Waals surface area contributed by atoms with Crippen molar-refractivity contribution < 1.29 is 14.3 Å². The Morgan fingerprint density at radius 3 is 2.43 bits per heavy atom. The Balaban J connectivity index is 1.55. The summed E-state index contributed by atoms with van der Waals surface area (Å²) in [7, 11) is 3.34. The Morgan fingerprint density at radius 1 is 1.07 bits per heavy atom. The molecule has 0 spiro atoms. The van der Waals surface area contributed by atoms with Crippen molar-refractivity contribution in [2.75, 3.05) is 45.7 Å². The molecule has 1 N–H and O–H groups in total. The van der Waals surface area contributed by atoms with E-state index in [4.69, 9.17) is 32.7 Å². The molecule has 1 saturated heterocycles. The molecule has 30 heavy (non-hydrogen) atoms. The van der Waals surface area contributed by atoms with Crippen LogP contribution in [-0.4, -0.2) is 62.1 Å². The Labute approximate surface area is 187 Å². The third-order valence-electron chi connectivity index (χ3n) is 5.40. The number of amides is 1. The molecule has 1 aliphatic heterocycles. The van der Waals surface area contributed by atoms with E-state index >= 15 is 0 Å². The summed E-state index contributed by atoms with van der Waals surface area (Å²) in [6.45, 7) is 6.01. The van der Waals surface area contributed by atoms with Gasteiger partial charge in [0.2, 0.25) is 5.91 Å². The molecule has 6 nitrogen and oxygen atoms in total. The number of nitrogens with zero attached hydrogens (tertiary/aromatic N) is 2. The highest BCUT2D eigenvalue weighted by atomic mass is 35.5. The minimum absolute atomic E-state index is 0.0814. The summed E-state index contributed by atoms with van der Waals surface area (Å²) in [5.41, 5.74) is 1.66. The molecule has 1 amide bonds. The van der Waals surface area contributed by atoms with Gasteiger partial charge in [0.15, 0.2) is 0 Å². The van der Waals surface area contributed by atoms with Gasteiger partial charge in [-0.3, -0.25) is 14.6 Å². The number of benzene rings is 2. The van der Waals surface area contributed by atoms with Gasteiger partial charge in [0, 0.05) is 43.3 Å². The average molecular weight is 452 g/mol. The fourth-order valence-electron chi connectivity index (χ4n) is 3.55. The Bertz CT molecular complexity index is 886. The van der Waals surface area contributed by atoms with E-state index in [-0.39, 0.29) is 11.9 Å². The fourth-order valence-corrected chi connectivity index (χ4v) is 4.00. The highest BCUT2D eigenvalue weighted by Gasteiger charge is 2.26. The zero-order chi connectivity index (χ0) is 21.7. The zero-order valence-electron chi connectivity index (χ0n) is 17.5. The van der Waals surface area contributed by atoms with Crippen LogP contribution in [0.2, 0.25) is 10.0 Å². The predicted octanol–water partition coefficient (Wildman–Crippen LogP) is 4.16. The number of hydrogen-bond acceptors (Lipinski definition) is 5. The van der Waals surface area contributed by atoms with Crippen LogP contribution in [0.1, 0.15) is 12.5 Å². The second kappa shape index (κ2) is 10.4. The van der Waals surface area contributed by atoms with Gasteiger partial charge in [-0.05, 0) is 43.3 Å². The maximum atomic E-state index is 12.7. The van der Waals surface area contributed by atoms with Crippen molar-refractivity contribution in [1.82, 2.24) is 9.80 Å². The number of piperazine rings is 1. The molecule has 1 aliphatic rings. The summed E-state index contributed by atoms with van der Waals surface area (Å²) in [6.07, 6.45) is 0. The number of carbonyl (C=O) groups excluding carboxylic acids is 1. The van der Waals surface area contributed by atoms with E-state index in [0.29, 0.717) is 15.7 Å². The van der Waals surface area contributed by atoms with Gasteiger partial charge < -0.3 is 14.8 Å². The SMILES string of the molecule is COc1ccc(OC)c(CN2CCN(C(C)C(=O)Nc3ccc(Cl)cc3Cl)CC2)c1. The lowest BCUT2D eigenvalue weighted by atomic mass is 10.1. The molecule has 0 radical (unpaired) electrons. The molecule has 1 unspecified atom stereocenters. The smallest absolute Gasteiger partial charge is 0.241 e. The quantitative estimate of drug-likeness (QED) is 0.684. The summed E-state index contributed by atoms with van der Waals surface area (Å²) in [5, 5.41) is 3.87. The lowest BCUT2D eigenvalue weighted by Crippen LogP contribution is -2.52. The minimum Gasteiger partial charge on any atom is -0.497 e. The molecular formula is C22H27Cl2N3O3. The molecule has 0 aliphatic carbocycles. The van der Waals surface area contributed by atoms with Gasteiger partial charge >= 0.3 is 0 Å². The van der Waals surface area contributed by atoms with Crippen LogP contribution >= 0.6 is 23.2 Å². The number of anilines is 1. The molecule has 0 bridgehead atoms. The van der Waals surface area contributed by atoms with Gasteiger partial charge in [0.25, 0.3) is 0 Å². The van der Waals surface area contributed by atoms with E-state index in [2.05, 4.69) is 15.1 Å². The first-order valence-electron chi connectivity index (χ1n) is 9.84. The third kappa shape index (κ3) is 5.58. The second-order valence-corrected chi connectivity index (χ2v) is 8.12. The molecule has 1 fully saturated rings. The summed E-state index contributed by atoms with van der Waals surface area (Å²) < 4.78 is 10.8. The van der Waals surface area contributed by atoms with Crippen molar-refractivity contribution in [3.05, 3.63) is 52.0 Å². The highest BCUT2D eigenvalue weighted by molar-refractivity contribution is 6.36. The van der Waals surface area contributed by atoms with Crippen LogP contribution in [0.3, 0.4) is 0 Å². The molecule has 0 aromatic heterocycles. The molecule has 2 aromatic rings. The normalized spacial score (nSPS) is 16.2. The maximum Gasteiger partial charge on any atom is 0.241 e. The number of halogens is 2. The molecule has 0 saturated carbocycles. The van der Waals surface area contributed by atoms with E-state index in [1.807, 2.05) is 25.1 Å². The van der Waals surface area contributed by atoms with E-state index in [1.54, 1.807) is 32.4 Å². The summed E-state index contributed by atoms with van der Waals surface area (Å²) in [4.78, 5) is 17.2. The van der Waals surface area contributed by atoms with Crippen LogP contribution in [0.4, 0.5) is 5.69 Å². The Kier molecular flexibility index (Phi) is 7.83. The van der Waals surface area contributed by atoms with Crippen LogP contribution in [-0.2, 0) is 11.3 Å². The van der Waals surface area contributed by atoms with Gasteiger partial charge in [-0.2, -0.15) is 0 Å². The van der Waals surface area contributed by atoms with Crippen LogP contribution < -0.4 is 14.8 Å². The lowest BCUT2D eigenvalue weighted by Gasteiger charge is -2.37. The number of carbonyl (C=O) groups is 1. The van der Waals surface area contributed by atoms with Crippen LogP contribution in [0, 0.1) is 0 Å². The van der Waals surface area contributed by atoms with Gasteiger partial charge in [-0.25, -0.2) is 0 Å². The predicted molar refractivity (Wildman–Crippen MR) is 121 cm³/mol. The topological polar surface area (TPSA) is 54.0 Å². The fraction of sp³-hybridized carbons (Fsp3) is 0.409. The Hall–Kier alpha value is -1.99. The van der Waals surface area contributed by atoms with Gasteiger partial charge in [0.1, 0.15) is 11.5 Å². The molecule has 162 valence electrons. The molecule has 1 atom stereocenters. The maximum absolute atomic E-state index is 12.7. The number of rotatable bonds is 7. The van der Waals surface area contributed by atoms with Crippen LogP contribution in [0.15, 0.2) is 36.4 Å². The lowest BCUT2D eigenvalue weighted by molar-refractivity contribution is -0.121. The molecule has 8 heteroatoms. The Morgan fingerprint density at radius 2 is 1.80 bits per heavy atom. The molecule has 2 aromatic carbocycles. The first-order valence-corrected chi connectivity index (χ1v) is 10.6. The summed E-state index contributed by atoms with van der Waals surface area (Å²) in [6, 6.07) is 10.6. The highest BCUT2D eigenvalue weighted by Crippen LogP contribution is 2.27. The largest absolute Gasteiger partial charge is 0.497 e. The third-order valence-corrected chi connectivity index (χ3v) is 5.95. The zero-order valence-corrected chi connectivity index (χ0v) is 19.0. The van der Waals surface area contributed by atoms with Crippen LogP contribution in [0.25, 0.3) is 0 Å². The van der Waals surface area contributed by atoms with E-state index in [1.165, 1.54) is 0 Å². The first-order chi connectivity index (χ1) is 14.4. The van der Waals surface area contributed by atoms with Crippen molar-refractivity contribution in [3.63, 3.8) is 0 Å². The second-order valence-electron chi connectivity index (χ2n) is 7.28. The van der Waals surface area contributed by atoms with Crippen molar-refractivity contribution in [3.8, 4) is 11.5 Å². The molecular weight excluding hydrogens is 425 g/mol. The first kappa shape index (κ1) is 22.7. The number of hydrogen-bond donors (Lipinski definition) is 1. The van der Waals surface area contributed by atoms with Gasteiger partial charge in [-0.15, -0.1) is 0 Å². The molecule has 1 heterocycles. The summed E-state index contributed by atoms with van der Waals surface area (Å²) in [5.74, 6) is 1.59. The van der Waals surface area contributed by atoms with Crippen LogP contribution in [0.5, 0.6) is 11.5 Å². The van der Waals surface area contributed by atoms with Gasteiger partial charge in [0.05, 0.1) is 31.0 Å². The number of nitrogens with one attached hydrogen (secondary N) is 1. The van der Waals surface area contributed by atoms with Crippen molar-refractivity contribution in [1.29, 1.82) is 0 Å². The monoisotopic (exact) mass is 451 g/mol. The van der Waals surface area contributed by atoms with E-state index in [9.17, 15) is 4.79 Å². The minimum atomic E-state index is -0.259. The van der Waals surface area contributed by atoms with Crippen molar-refractivity contribution in [2.45, 2.75) is 19.5 Å². The standard InChI is InChI=1S/C22H27Cl2N3O3/c1-15(22(28)25-20-6-4-17(23)13-19(20)24)27-10-8-26(9-11-27)14-16-12-18(29-2)5-7-21(16)30-3/h4-7,12-13,15H,8-11,14H2,1-3H3,(H,25,28). The van der Waals surface area contributed by atoms with Gasteiger partial charge in [-0.1, -0.05) is 23.2 Å². The average Bonchev–Trinajstić information content (AvgIpc) is 2.75. The van der Waals surface area contributed by atoms with E-state index < -0.39 is 0 Å². The summed E-state index contributed by atoms with van der Waals surface area (Å²) >= 11 is 12.1. The number of ether oxygens (including phenoxy) is 2. The van der Waals surface area contributed by atoms with Crippen molar-refractivity contribution in [2.24, 2.45) is 0 Å². The molecule has 3 rings (SSSR count). The number of methoxy groups -OCH3 is 2. The van der Waals surface area contributed by atoms with Crippen molar-refractivity contribution >= 4 is 34.8 Å².